The SMILES string of the molecule is Cc1ccccc1-n1c(O)c(C=NCCN2CCNCC2)c(=O)[nH]c1=O. The summed E-state index contributed by atoms with van der Waals surface area (Å²) >= 11 is 0. The lowest BCUT2D eigenvalue weighted by molar-refractivity contribution is 0.248. The number of piperazine rings is 1. The van der Waals surface area contributed by atoms with Gasteiger partial charge < -0.3 is 10.4 Å². The molecule has 1 aliphatic heterocycles. The fourth-order valence-electron chi connectivity index (χ4n) is 2.98. The number of para-hydroxylation sites is 1. The van der Waals surface area contributed by atoms with Crippen molar-refractivity contribution < 1.29 is 5.11 Å². The van der Waals surface area contributed by atoms with Crippen LogP contribution in [0.25, 0.3) is 5.69 Å². The topological polar surface area (TPSA) is 103 Å². The van der Waals surface area contributed by atoms with E-state index in [1.807, 2.05) is 19.1 Å². The molecule has 138 valence electrons. The average molecular weight is 357 g/mol. The van der Waals surface area contributed by atoms with E-state index in [0.29, 0.717) is 12.2 Å². The van der Waals surface area contributed by atoms with Crippen LogP contribution >= 0.6 is 0 Å². The second-order valence-electron chi connectivity index (χ2n) is 6.25. The predicted octanol–water partition coefficient (Wildman–Crippen LogP) is -0.136. The minimum Gasteiger partial charge on any atom is -0.493 e. The van der Waals surface area contributed by atoms with Crippen molar-refractivity contribution >= 4 is 6.21 Å². The third-order valence-electron chi connectivity index (χ3n) is 4.45. The molecular weight excluding hydrogens is 334 g/mol. The van der Waals surface area contributed by atoms with Crippen LogP contribution in [0.2, 0.25) is 0 Å². The third-order valence-corrected chi connectivity index (χ3v) is 4.45. The molecule has 3 rings (SSSR count). The quantitative estimate of drug-likeness (QED) is 0.647. The molecule has 1 fully saturated rings. The highest BCUT2D eigenvalue weighted by atomic mass is 16.3. The van der Waals surface area contributed by atoms with Crippen LogP contribution in [-0.4, -0.2) is 65.0 Å². The van der Waals surface area contributed by atoms with Gasteiger partial charge in [0.15, 0.2) is 0 Å². The largest absolute Gasteiger partial charge is 0.493 e. The van der Waals surface area contributed by atoms with Gasteiger partial charge in [0.05, 0.1) is 12.2 Å². The second kappa shape index (κ2) is 8.11. The van der Waals surface area contributed by atoms with E-state index in [1.54, 1.807) is 12.1 Å². The van der Waals surface area contributed by atoms with E-state index in [0.717, 1.165) is 42.9 Å². The van der Waals surface area contributed by atoms with Crippen molar-refractivity contribution in [2.45, 2.75) is 6.92 Å². The zero-order valence-electron chi connectivity index (χ0n) is 14.7. The number of nitrogens with zero attached hydrogens (tertiary/aromatic N) is 3. The molecule has 0 radical (unpaired) electrons. The van der Waals surface area contributed by atoms with E-state index in [2.05, 4.69) is 20.2 Å². The van der Waals surface area contributed by atoms with E-state index in [9.17, 15) is 14.7 Å². The number of nitrogens with one attached hydrogen (secondary N) is 2. The van der Waals surface area contributed by atoms with Crippen molar-refractivity contribution in [3.63, 3.8) is 0 Å². The van der Waals surface area contributed by atoms with E-state index in [4.69, 9.17) is 0 Å². The highest BCUT2D eigenvalue weighted by Gasteiger charge is 2.15. The van der Waals surface area contributed by atoms with Crippen LogP contribution in [0.4, 0.5) is 0 Å². The zero-order chi connectivity index (χ0) is 18.5. The van der Waals surface area contributed by atoms with Gasteiger partial charge >= 0.3 is 5.69 Å². The van der Waals surface area contributed by atoms with Gasteiger partial charge in [0, 0.05) is 38.9 Å². The number of hydrogen-bond acceptors (Lipinski definition) is 6. The van der Waals surface area contributed by atoms with Crippen molar-refractivity contribution in [2.75, 3.05) is 39.3 Å². The molecule has 0 unspecified atom stereocenters. The fourth-order valence-corrected chi connectivity index (χ4v) is 2.98. The van der Waals surface area contributed by atoms with E-state index >= 15 is 0 Å². The highest BCUT2D eigenvalue weighted by molar-refractivity contribution is 5.82. The summed E-state index contributed by atoms with van der Waals surface area (Å²) in [5.74, 6) is -0.404. The van der Waals surface area contributed by atoms with Crippen LogP contribution in [0, 0.1) is 6.92 Å². The number of aromatic hydroxyl groups is 1. The zero-order valence-corrected chi connectivity index (χ0v) is 14.7. The Morgan fingerprint density at radius 2 is 1.96 bits per heavy atom. The Hall–Kier alpha value is -2.71. The normalized spacial score (nSPS) is 15.6. The number of benzene rings is 1. The summed E-state index contributed by atoms with van der Waals surface area (Å²) in [5, 5.41) is 13.8. The molecule has 26 heavy (non-hydrogen) atoms. The molecular formula is C18H23N5O3. The molecule has 2 aromatic rings. The highest BCUT2D eigenvalue weighted by Crippen LogP contribution is 2.18. The first kappa shape index (κ1) is 18.1. The Morgan fingerprint density at radius 1 is 1.23 bits per heavy atom. The van der Waals surface area contributed by atoms with Crippen LogP contribution < -0.4 is 16.6 Å². The van der Waals surface area contributed by atoms with Crippen LogP contribution in [0.15, 0.2) is 38.8 Å². The van der Waals surface area contributed by atoms with E-state index < -0.39 is 17.1 Å². The van der Waals surface area contributed by atoms with Crippen molar-refractivity contribution in [2.24, 2.45) is 4.99 Å². The summed E-state index contributed by atoms with van der Waals surface area (Å²) in [4.78, 5) is 33.1. The first-order chi connectivity index (χ1) is 12.6. The van der Waals surface area contributed by atoms with Crippen molar-refractivity contribution in [3.8, 4) is 11.6 Å². The third kappa shape index (κ3) is 3.92. The molecule has 3 N–H and O–H groups in total. The van der Waals surface area contributed by atoms with Gasteiger partial charge in [-0.3, -0.25) is 19.7 Å². The summed E-state index contributed by atoms with van der Waals surface area (Å²) in [6.07, 6.45) is 1.34. The molecule has 1 aromatic heterocycles. The number of aromatic amines is 1. The van der Waals surface area contributed by atoms with Gasteiger partial charge in [-0.25, -0.2) is 9.36 Å². The fraction of sp³-hybridized carbons (Fsp3) is 0.389. The van der Waals surface area contributed by atoms with Gasteiger partial charge in [-0.15, -0.1) is 0 Å². The lowest BCUT2D eigenvalue weighted by atomic mass is 10.2. The summed E-state index contributed by atoms with van der Waals surface area (Å²) in [5.41, 5.74) is -0.0311. The van der Waals surface area contributed by atoms with Crippen LogP contribution in [0.5, 0.6) is 5.88 Å². The smallest absolute Gasteiger partial charge is 0.335 e. The van der Waals surface area contributed by atoms with Gasteiger partial charge in [-0.05, 0) is 18.6 Å². The molecule has 1 aromatic carbocycles. The number of hydrogen-bond donors (Lipinski definition) is 3. The number of H-pyrrole nitrogens is 1. The molecule has 0 spiro atoms. The molecule has 0 aliphatic carbocycles. The minimum atomic E-state index is -0.681. The molecule has 8 heteroatoms. The lowest BCUT2D eigenvalue weighted by Gasteiger charge is -2.26. The van der Waals surface area contributed by atoms with Gasteiger partial charge in [-0.2, -0.15) is 0 Å². The number of aliphatic imine (C=N–C) groups is 1. The molecule has 0 atom stereocenters. The first-order valence-corrected chi connectivity index (χ1v) is 8.65. The lowest BCUT2D eigenvalue weighted by Crippen LogP contribution is -2.44. The summed E-state index contributed by atoms with van der Waals surface area (Å²) in [7, 11) is 0. The van der Waals surface area contributed by atoms with Crippen molar-refractivity contribution in [1.82, 2.24) is 19.8 Å². The molecule has 8 nitrogen and oxygen atoms in total. The Kier molecular flexibility index (Phi) is 5.65. The number of aryl methyl sites for hydroxylation is 1. The van der Waals surface area contributed by atoms with Crippen molar-refractivity contribution in [1.29, 1.82) is 0 Å². The van der Waals surface area contributed by atoms with Gasteiger partial charge in [0.25, 0.3) is 5.56 Å². The maximum absolute atomic E-state index is 12.2. The monoisotopic (exact) mass is 357 g/mol. The number of aromatic nitrogens is 2. The minimum absolute atomic E-state index is 0.0202. The molecule has 1 saturated heterocycles. The van der Waals surface area contributed by atoms with E-state index in [-0.39, 0.29) is 5.56 Å². The van der Waals surface area contributed by atoms with Gasteiger partial charge in [0.1, 0.15) is 5.56 Å². The number of rotatable bonds is 5. The predicted molar refractivity (Wildman–Crippen MR) is 101 cm³/mol. The van der Waals surface area contributed by atoms with E-state index in [1.165, 1.54) is 6.21 Å². The standard InChI is InChI=1S/C18H23N5O3/c1-13-4-2-3-5-15(13)23-17(25)14(16(24)21-18(23)26)12-20-8-11-22-9-6-19-7-10-22/h2-5,12,19,25H,6-11H2,1H3,(H,21,24,26). The van der Waals surface area contributed by atoms with Gasteiger partial charge in [-0.1, -0.05) is 18.2 Å². The van der Waals surface area contributed by atoms with Crippen LogP contribution in [-0.2, 0) is 0 Å². The van der Waals surface area contributed by atoms with Crippen LogP contribution in [0.3, 0.4) is 0 Å². The average Bonchev–Trinajstić information content (AvgIpc) is 2.63. The van der Waals surface area contributed by atoms with Crippen molar-refractivity contribution in [3.05, 3.63) is 56.2 Å². The maximum atomic E-state index is 12.2. The summed E-state index contributed by atoms with van der Waals surface area (Å²) < 4.78 is 1.09. The second-order valence-corrected chi connectivity index (χ2v) is 6.25. The van der Waals surface area contributed by atoms with Gasteiger partial charge in [0.2, 0.25) is 5.88 Å². The Labute approximate surface area is 150 Å². The molecule has 0 amide bonds. The molecule has 0 bridgehead atoms. The van der Waals surface area contributed by atoms with Crippen LogP contribution in [0.1, 0.15) is 11.1 Å². The Bertz CT molecular complexity index is 910. The maximum Gasteiger partial charge on any atom is 0.335 e. The summed E-state index contributed by atoms with van der Waals surface area (Å²) in [6, 6.07) is 7.14. The first-order valence-electron chi connectivity index (χ1n) is 8.65. The summed E-state index contributed by atoms with van der Waals surface area (Å²) in [6.45, 7) is 7.00. The Morgan fingerprint density at radius 3 is 2.69 bits per heavy atom. The molecule has 2 heterocycles. The molecule has 0 saturated carbocycles. The molecule has 1 aliphatic rings. The Balaban J connectivity index is 1.84.